The van der Waals surface area contributed by atoms with Gasteiger partial charge in [0.15, 0.2) is 0 Å². The molecule has 0 atom stereocenters. The van der Waals surface area contributed by atoms with Gasteiger partial charge in [-0.05, 0) is 17.7 Å². The highest BCUT2D eigenvalue weighted by Crippen LogP contribution is 2.11. The summed E-state index contributed by atoms with van der Waals surface area (Å²) < 4.78 is 1.29. The number of hydrogen-bond donors (Lipinski definition) is 2. The maximum Gasteiger partial charge on any atom is 0.328 e. The number of aromatic amines is 1. The Morgan fingerprint density at radius 3 is 2.85 bits per heavy atom. The fourth-order valence-corrected chi connectivity index (χ4v) is 1.91. The first kappa shape index (κ1) is 14.1. The average Bonchev–Trinajstić information content (AvgIpc) is 2.35. The lowest BCUT2D eigenvalue weighted by Crippen LogP contribution is -2.29. The Bertz CT molecular complexity index is 764. The van der Waals surface area contributed by atoms with Gasteiger partial charge in [0.05, 0.1) is 6.54 Å². The van der Waals surface area contributed by atoms with Gasteiger partial charge in [-0.2, -0.15) is 0 Å². The van der Waals surface area contributed by atoms with Crippen molar-refractivity contribution >= 4 is 23.2 Å². The molecule has 0 bridgehead atoms. The highest BCUT2D eigenvalue weighted by molar-refractivity contribution is 6.30. The Morgan fingerprint density at radius 1 is 1.40 bits per heavy atom. The van der Waals surface area contributed by atoms with Gasteiger partial charge in [0.25, 0.3) is 5.56 Å². The topological polar surface area (TPSA) is 84.0 Å². The quantitative estimate of drug-likeness (QED) is 0.892. The van der Waals surface area contributed by atoms with Crippen molar-refractivity contribution in [1.82, 2.24) is 9.55 Å². The van der Waals surface area contributed by atoms with Crippen LogP contribution < -0.4 is 16.6 Å². The zero-order valence-corrected chi connectivity index (χ0v) is 11.4. The van der Waals surface area contributed by atoms with Gasteiger partial charge in [0, 0.05) is 18.8 Å². The molecule has 0 unspecified atom stereocenters. The van der Waals surface area contributed by atoms with Crippen LogP contribution in [0.4, 0.5) is 5.69 Å². The summed E-state index contributed by atoms with van der Waals surface area (Å²) >= 11 is 5.69. The van der Waals surface area contributed by atoms with Crippen molar-refractivity contribution < 1.29 is 4.79 Å². The van der Waals surface area contributed by atoms with Gasteiger partial charge >= 0.3 is 5.69 Å². The Kier molecular flexibility index (Phi) is 4.05. The molecule has 0 saturated carbocycles. The largest absolute Gasteiger partial charge is 0.328 e. The van der Waals surface area contributed by atoms with E-state index in [9.17, 15) is 14.4 Å². The molecule has 1 aromatic heterocycles. The Labute approximate surface area is 119 Å². The molecule has 1 heterocycles. The molecule has 0 radical (unpaired) electrons. The number of hydrogen-bond acceptors (Lipinski definition) is 3. The van der Waals surface area contributed by atoms with E-state index in [-0.39, 0.29) is 17.5 Å². The van der Waals surface area contributed by atoms with Crippen LogP contribution >= 0.6 is 11.6 Å². The second kappa shape index (κ2) is 5.75. The van der Waals surface area contributed by atoms with Crippen LogP contribution in [0.5, 0.6) is 0 Å². The lowest BCUT2D eigenvalue weighted by atomic mass is 10.2. The number of halogens is 1. The lowest BCUT2D eigenvalue weighted by molar-refractivity contribution is -0.114. The van der Waals surface area contributed by atoms with E-state index >= 15 is 0 Å². The van der Waals surface area contributed by atoms with Crippen molar-refractivity contribution in [2.75, 3.05) is 5.32 Å². The summed E-state index contributed by atoms with van der Waals surface area (Å²) in [4.78, 5) is 35.9. The summed E-state index contributed by atoms with van der Waals surface area (Å²) in [5.41, 5.74) is 0.282. The number of rotatable bonds is 3. The number of amides is 1. The average molecular weight is 294 g/mol. The molecule has 0 aliphatic heterocycles. The summed E-state index contributed by atoms with van der Waals surface area (Å²) in [6, 6.07) is 7.05. The first-order valence-corrected chi connectivity index (χ1v) is 6.19. The molecule has 0 saturated heterocycles. The number of aromatic nitrogens is 2. The van der Waals surface area contributed by atoms with Crippen LogP contribution in [0.3, 0.4) is 0 Å². The van der Waals surface area contributed by atoms with Gasteiger partial charge in [-0.25, -0.2) is 4.79 Å². The van der Waals surface area contributed by atoms with Crippen molar-refractivity contribution in [1.29, 1.82) is 0 Å². The van der Waals surface area contributed by atoms with E-state index in [0.717, 1.165) is 5.56 Å². The fourth-order valence-electron chi connectivity index (χ4n) is 1.75. The van der Waals surface area contributed by atoms with E-state index in [4.69, 9.17) is 11.6 Å². The van der Waals surface area contributed by atoms with E-state index in [1.165, 1.54) is 17.7 Å². The van der Waals surface area contributed by atoms with Crippen LogP contribution in [-0.4, -0.2) is 15.5 Å². The highest BCUT2D eigenvalue weighted by Gasteiger charge is 2.04. The van der Waals surface area contributed by atoms with Crippen LogP contribution in [0.25, 0.3) is 0 Å². The normalized spacial score (nSPS) is 10.3. The van der Waals surface area contributed by atoms with Crippen molar-refractivity contribution in [3.8, 4) is 0 Å². The molecule has 2 aromatic rings. The Morgan fingerprint density at radius 2 is 2.15 bits per heavy atom. The summed E-state index contributed by atoms with van der Waals surface area (Å²) in [6.07, 6.45) is 1.29. The molecule has 0 spiro atoms. The third kappa shape index (κ3) is 3.36. The number of nitrogens with one attached hydrogen (secondary N) is 2. The number of H-pyrrole nitrogens is 1. The summed E-state index contributed by atoms with van der Waals surface area (Å²) in [7, 11) is 0. The van der Waals surface area contributed by atoms with Crippen LogP contribution in [0.15, 0.2) is 40.1 Å². The van der Waals surface area contributed by atoms with Gasteiger partial charge in [-0.15, -0.1) is 0 Å². The SMILES string of the molecule is CC(=O)Nc1cccc(Cn2cc(Cl)c(=O)[nH]c2=O)c1. The van der Waals surface area contributed by atoms with Gasteiger partial charge in [-0.1, -0.05) is 23.7 Å². The lowest BCUT2D eigenvalue weighted by Gasteiger charge is -2.08. The molecule has 20 heavy (non-hydrogen) atoms. The molecule has 1 aromatic carbocycles. The second-order valence-corrected chi connectivity index (χ2v) is 4.65. The fraction of sp³-hybridized carbons (Fsp3) is 0.154. The molecule has 1 amide bonds. The minimum Gasteiger partial charge on any atom is -0.326 e. The predicted molar refractivity (Wildman–Crippen MR) is 76.2 cm³/mol. The van der Waals surface area contributed by atoms with Crippen LogP contribution in [0, 0.1) is 0 Å². The van der Waals surface area contributed by atoms with E-state index in [1.807, 2.05) is 0 Å². The third-order valence-corrected chi connectivity index (χ3v) is 2.84. The molecule has 0 aliphatic carbocycles. The number of carbonyl (C=O) groups is 1. The minimum absolute atomic E-state index is 0.0531. The smallest absolute Gasteiger partial charge is 0.326 e. The molecule has 2 rings (SSSR count). The minimum atomic E-state index is -0.611. The molecule has 104 valence electrons. The summed E-state index contributed by atoms with van der Waals surface area (Å²) in [5, 5.41) is 2.60. The number of benzene rings is 1. The van der Waals surface area contributed by atoms with Crippen molar-refractivity contribution in [2.24, 2.45) is 0 Å². The maximum absolute atomic E-state index is 11.6. The number of carbonyl (C=O) groups excluding carboxylic acids is 1. The van der Waals surface area contributed by atoms with Gasteiger partial charge in [0.1, 0.15) is 5.02 Å². The van der Waals surface area contributed by atoms with Gasteiger partial charge in [0.2, 0.25) is 5.91 Å². The van der Waals surface area contributed by atoms with Crippen molar-refractivity contribution in [2.45, 2.75) is 13.5 Å². The van der Waals surface area contributed by atoms with Gasteiger partial charge in [-0.3, -0.25) is 19.1 Å². The van der Waals surface area contributed by atoms with E-state index < -0.39 is 11.2 Å². The number of anilines is 1. The monoisotopic (exact) mass is 293 g/mol. The molecule has 6 nitrogen and oxygen atoms in total. The summed E-state index contributed by atoms with van der Waals surface area (Å²) in [6.45, 7) is 1.65. The van der Waals surface area contributed by atoms with Crippen LogP contribution in [0.2, 0.25) is 5.02 Å². The second-order valence-electron chi connectivity index (χ2n) is 4.25. The zero-order chi connectivity index (χ0) is 14.7. The summed E-state index contributed by atoms with van der Waals surface area (Å²) in [5.74, 6) is -0.175. The number of nitrogens with zero attached hydrogens (tertiary/aromatic N) is 1. The van der Waals surface area contributed by atoms with E-state index in [1.54, 1.807) is 24.3 Å². The highest BCUT2D eigenvalue weighted by atomic mass is 35.5. The van der Waals surface area contributed by atoms with Crippen molar-refractivity contribution in [3.05, 3.63) is 61.9 Å². The first-order valence-electron chi connectivity index (χ1n) is 5.81. The van der Waals surface area contributed by atoms with Crippen LogP contribution in [0.1, 0.15) is 12.5 Å². The molecule has 0 fully saturated rings. The zero-order valence-electron chi connectivity index (χ0n) is 10.6. The van der Waals surface area contributed by atoms with Gasteiger partial charge < -0.3 is 5.32 Å². The molecular weight excluding hydrogens is 282 g/mol. The molecule has 2 N–H and O–H groups in total. The molecule has 0 aliphatic rings. The Balaban J connectivity index is 2.30. The van der Waals surface area contributed by atoms with Crippen molar-refractivity contribution in [3.63, 3.8) is 0 Å². The Hall–Kier alpha value is -2.34. The molecule has 7 heteroatoms. The third-order valence-electron chi connectivity index (χ3n) is 2.57. The van der Waals surface area contributed by atoms with E-state index in [2.05, 4.69) is 10.3 Å². The van der Waals surface area contributed by atoms with E-state index in [0.29, 0.717) is 5.69 Å². The molecular formula is C13H12ClN3O3. The predicted octanol–water partition coefficient (Wildman–Crippen LogP) is 1.20. The van der Waals surface area contributed by atoms with Crippen LogP contribution in [-0.2, 0) is 11.3 Å². The first-order chi connectivity index (χ1) is 9.45. The maximum atomic E-state index is 11.6. The standard InChI is InChI=1S/C13H12ClN3O3/c1-8(18)15-10-4-2-3-9(5-10)6-17-7-11(14)12(19)16-13(17)20/h2-5,7H,6H2,1H3,(H,15,18)(H,16,19,20).